The van der Waals surface area contributed by atoms with Crippen LogP contribution in [0.2, 0.25) is 5.15 Å². The smallest absolute Gasteiger partial charge is 0.139 e. The number of halogens is 1. The number of pyridine rings is 1. The van der Waals surface area contributed by atoms with Crippen LogP contribution in [0.4, 0.5) is 0 Å². The molecule has 2 heterocycles. The third-order valence-corrected chi connectivity index (χ3v) is 1.51. The van der Waals surface area contributed by atoms with Crippen LogP contribution in [0.5, 0.6) is 0 Å². The van der Waals surface area contributed by atoms with Crippen molar-refractivity contribution in [3.8, 4) is 0 Å². The van der Waals surface area contributed by atoms with Gasteiger partial charge in [0, 0.05) is 17.6 Å². The third kappa shape index (κ3) is 0.772. The summed E-state index contributed by atoms with van der Waals surface area (Å²) in [4.78, 5) is 6.93. The van der Waals surface area contributed by atoms with E-state index in [-0.39, 0.29) is 0 Å². The van der Waals surface area contributed by atoms with Crippen molar-refractivity contribution in [2.45, 2.75) is 0 Å². The SMILES string of the molecule is Clc1[c]cc2cc[nH]c2n1. The van der Waals surface area contributed by atoms with Crippen LogP contribution in [0.1, 0.15) is 0 Å². The van der Waals surface area contributed by atoms with Crippen LogP contribution in [0.15, 0.2) is 18.3 Å². The van der Waals surface area contributed by atoms with Crippen molar-refractivity contribution in [2.24, 2.45) is 0 Å². The summed E-state index contributed by atoms with van der Waals surface area (Å²) in [6.45, 7) is 0. The fourth-order valence-electron chi connectivity index (χ4n) is 0.854. The van der Waals surface area contributed by atoms with Crippen molar-refractivity contribution in [3.63, 3.8) is 0 Å². The molecule has 2 aromatic rings. The molecule has 0 bridgehead atoms. The topological polar surface area (TPSA) is 28.7 Å². The van der Waals surface area contributed by atoms with Gasteiger partial charge in [-0.2, -0.15) is 0 Å². The summed E-state index contributed by atoms with van der Waals surface area (Å²) in [5.74, 6) is 0. The van der Waals surface area contributed by atoms with E-state index in [0.29, 0.717) is 5.15 Å². The van der Waals surface area contributed by atoms with Gasteiger partial charge in [-0.05, 0) is 12.1 Å². The van der Waals surface area contributed by atoms with Gasteiger partial charge in [0.15, 0.2) is 0 Å². The molecule has 2 aromatic heterocycles. The fourth-order valence-corrected chi connectivity index (χ4v) is 0.993. The standard InChI is InChI=1S/C7H4ClN2/c8-6-2-1-5-3-4-9-7(5)10-6/h1,3-4H,(H,9,10). The number of H-pyrrole nitrogens is 1. The Balaban J connectivity index is 2.86. The monoisotopic (exact) mass is 151 g/mol. The molecule has 49 valence electrons. The molecule has 0 amide bonds. The Morgan fingerprint density at radius 2 is 2.50 bits per heavy atom. The molecule has 0 aliphatic rings. The molecule has 0 saturated carbocycles. The molecule has 10 heavy (non-hydrogen) atoms. The predicted octanol–water partition coefficient (Wildman–Crippen LogP) is 2.02. The summed E-state index contributed by atoms with van der Waals surface area (Å²) >= 11 is 5.59. The number of rotatable bonds is 0. The van der Waals surface area contributed by atoms with E-state index in [1.807, 2.05) is 12.3 Å². The average Bonchev–Trinajstić information content (AvgIpc) is 2.33. The quantitative estimate of drug-likeness (QED) is 0.574. The van der Waals surface area contributed by atoms with Crippen molar-refractivity contribution in [3.05, 3.63) is 29.5 Å². The molecular weight excluding hydrogens is 148 g/mol. The summed E-state index contributed by atoms with van der Waals surface area (Å²) in [6, 6.07) is 6.53. The molecule has 2 rings (SSSR count). The number of fused-ring (bicyclic) bond motifs is 1. The maximum Gasteiger partial charge on any atom is 0.139 e. The maximum atomic E-state index is 5.59. The fraction of sp³-hybridized carbons (Fsp3) is 0. The molecule has 3 heteroatoms. The highest BCUT2D eigenvalue weighted by Gasteiger charge is 1.94. The predicted molar refractivity (Wildman–Crippen MR) is 39.9 cm³/mol. The van der Waals surface area contributed by atoms with Crippen molar-refractivity contribution in [1.82, 2.24) is 9.97 Å². The summed E-state index contributed by atoms with van der Waals surface area (Å²) in [6.07, 6.45) is 1.82. The number of hydrogen-bond acceptors (Lipinski definition) is 1. The first-order chi connectivity index (χ1) is 4.86. The van der Waals surface area contributed by atoms with E-state index in [9.17, 15) is 0 Å². The second kappa shape index (κ2) is 1.99. The summed E-state index contributed by atoms with van der Waals surface area (Å²) in [7, 11) is 0. The number of nitrogens with zero attached hydrogens (tertiary/aromatic N) is 1. The Morgan fingerprint density at radius 1 is 1.60 bits per heavy atom. The molecule has 1 radical (unpaired) electrons. The molecule has 0 aliphatic heterocycles. The van der Waals surface area contributed by atoms with Gasteiger partial charge in [0.25, 0.3) is 0 Å². The van der Waals surface area contributed by atoms with E-state index in [0.717, 1.165) is 11.0 Å². The van der Waals surface area contributed by atoms with Crippen molar-refractivity contribution < 1.29 is 0 Å². The first kappa shape index (κ1) is 5.74. The van der Waals surface area contributed by atoms with E-state index < -0.39 is 0 Å². The lowest BCUT2D eigenvalue weighted by Gasteiger charge is -1.87. The van der Waals surface area contributed by atoms with Crippen molar-refractivity contribution in [1.29, 1.82) is 0 Å². The zero-order valence-electron chi connectivity index (χ0n) is 5.06. The largest absolute Gasteiger partial charge is 0.346 e. The molecule has 0 spiro atoms. The van der Waals surface area contributed by atoms with Gasteiger partial charge in [-0.15, -0.1) is 0 Å². The minimum Gasteiger partial charge on any atom is -0.346 e. The lowest BCUT2D eigenvalue weighted by Crippen LogP contribution is -1.75. The van der Waals surface area contributed by atoms with Gasteiger partial charge in [-0.1, -0.05) is 11.6 Å². The maximum absolute atomic E-state index is 5.59. The number of aromatic amines is 1. The third-order valence-electron chi connectivity index (χ3n) is 1.31. The van der Waals surface area contributed by atoms with Gasteiger partial charge in [0.1, 0.15) is 10.8 Å². The van der Waals surface area contributed by atoms with Crippen LogP contribution < -0.4 is 0 Å². The van der Waals surface area contributed by atoms with E-state index in [1.54, 1.807) is 6.07 Å². The normalized spacial score (nSPS) is 10.5. The van der Waals surface area contributed by atoms with Gasteiger partial charge >= 0.3 is 0 Å². The summed E-state index contributed by atoms with van der Waals surface area (Å²) in [5, 5.41) is 1.43. The first-order valence-electron chi connectivity index (χ1n) is 2.87. The number of hydrogen-bond donors (Lipinski definition) is 1. The van der Waals surface area contributed by atoms with Gasteiger partial charge in [-0.25, -0.2) is 4.98 Å². The van der Waals surface area contributed by atoms with Gasteiger partial charge < -0.3 is 4.98 Å². The average molecular weight is 152 g/mol. The van der Waals surface area contributed by atoms with Crippen LogP contribution in [0.3, 0.4) is 0 Å². The van der Waals surface area contributed by atoms with Crippen molar-refractivity contribution in [2.75, 3.05) is 0 Å². The molecule has 1 N–H and O–H groups in total. The molecule has 0 saturated heterocycles. The second-order valence-corrected chi connectivity index (χ2v) is 2.33. The van der Waals surface area contributed by atoms with E-state index >= 15 is 0 Å². The van der Waals surface area contributed by atoms with Crippen LogP contribution in [0, 0.1) is 6.07 Å². The van der Waals surface area contributed by atoms with Crippen LogP contribution in [-0.4, -0.2) is 9.97 Å². The zero-order chi connectivity index (χ0) is 6.97. The number of nitrogens with one attached hydrogen (secondary N) is 1. The minimum atomic E-state index is 0.398. The first-order valence-corrected chi connectivity index (χ1v) is 3.25. The van der Waals surface area contributed by atoms with E-state index in [1.165, 1.54) is 0 Å². The lowest BCUT2D eigenvalue weighted by molar-refractivity contribution is 1.32. The zero-order valence-corrected chi connectivity index (χ0v) is 5.81. The highest BCUT2D eigenvalue weighted by atomic mass is 35.5. The highest BCUT2D eigenvalue weighted by Crippen LogP contribution is 2.11. The molecule has 0 atom stereocenters. The highest BCUT2D eigenvalue weighted by molar-refractivity contribution is 6.29. The van der Waals surface area contributed by atoms with Crippen LogP contribution in [-0.2, 0) is 0 Å². The van der Waals surface area contributed by atoms with Crippen molar-refractivity contribution >= 4 is 22.6 Å². The molecule has 0 aromatic carbocycles. The lowest BCUT2D eigenvalue weighted by atomic mass is 10.3. The Labute approximate surface area is 62.8 Å². The molecular formula is C7H4ClN2. The molecule has 0 fully saturated rings. The molecule has 0 aliphatic carbocycles. The molecule has 2 nitrogen and oxygen atoms in total. The Morgan fingerprint density at radius 3 is 3.40 bits per heavy atom. The van der Waals surface area contributed by atoms with E-state index in [2.05, 4.69) is 16.0 Å². The van der Waals surface area contributed by atoms with Crippen LogP contribution >= 0.6 is 11.6 Å². The van der Waals surface area contributed by atoms with Gasteiger partial charge in [0.05, 0.1) is 0 Å². The molecule has 0 unspecified atom stereocenters. The van der Waals surface area contributed by atoms with E-state index in [4.69, 9.17) is 11.6 Å². The van der Waals surface area contributed by atoms with Gasteiger partial charge in [-0.3, -0.25) is 0 Å². The Kier molecular flexibility index (Phi) is 1.14. The number of aromatic nitrogens is 2. The van der Waals surface area contributed by atoms with Gasteiger partial charge in [0.2, 0.25) is 0 Å². The minimum absolute atomic E-state index is 0.398. The summed E-state index contributed by atoms with van der Waals surface area (Å²) in [5.41, 5.74) is 0.809. The Hall–Kier alpha value is -1.02. The second-order valence-electron chi connectivity index (χ2n) is 1.97. The van der Waals surface area contributed by atoms with Crippen LogP contribution in [0.25, 0.3) is 11.0 Å². The summed E-state index contributed by atoms with van der Waals surface area (Å²) < 4.78 is 0. The Bertz CT molecular complexity index is 353.